The number of amides is 2. The van der Waals surface area contributed by atoms with Crippen molar-refractivity contribution < 1.29 is 19.5 Å². The number of aliphatic carboxylic acids is 1. The molecule has 0 aromatic heterocycles. The second kappa shape index (κ2) is 12.4. The molecule has 4 N–H and O–H groups in total. The Bertz CT molecular complexity index is 308. The number of rotatable bonds is 12. The van der Waals surface area contributed by atoms with Crippen LogP contribution in [0.15, 0.2) is 0 Å². The zero-order valence-electron chi connectivity index (χ0n) is 12.0. The number of carboxylic acids is 1. The fraction of sp³-hybridized carbons (Fsp3) is 0.769. The lowest BCUT2D eigenvalue weighted by atomic mass is 10.3. The number of carbonyl (C=O) groups is 3. The number of unbranched alkanes of at least 4 members (excludes halogenated alkanes) is 1. The number of hydrogen-bond donors (Lipinski definition) is 4. The molecule has 0 aromatic rings. The van der Waals surface area contributed by atoms with Gasteiger partial charge < -0.3 is 21.1 Å². The van der Waals surface area contributed by atoms with Crippen molar-refractivity contribution in [3.05, 3.63) is 0 Å². The molecule has 0 radical (unpaired) electrons. The van der Waals surface area contributed by atoms with Crippen LogP contribution >= 0.6 is 0 Å². The highest BCUT2D eigenvalue weighted by Gasteiger charge is 2.03. The van der Waals surface area contributed by atoms with Gasteiger partial charge in [0.1, 0.15) is 0 Å². The first-order valence-electron chi connectivity index (χ1n) is 6.96. The SMILES string of the molecule is CC(=O)NCCCCNCCCNC(=O)CCC(=O)O. The van der Waals surface area contributed by atoms with Gasteiger partial charge in [-0.1, -0.05) is 0 Å². The predicted molar refractivity (Wildman–Crippen MR) is 75.3 cm³/mol. The second-order valence-electron chi connectivity index (χ2n) is 4.54. The topological polar surface area (TPSA) is 108 Å². The molecule has 7 heteroatoms. The molecule has 2 amide bonds. The van der Waals surface area contributed by atoms with Gasteiger partial charge in [-0.25, -0.2) is 0 Å². The third kappa shape index (κ3) is 14.4. The predicted octanol–water partition coefficient (Wildman–Crippen LogP) is -0.137. The molecule has 0 fully saturated rings. The molecule has 0 spiro atoms. The number of carboxylic acid groups (broad SMARTS) is 1. The summed E-state index contributed by atoms with van der Waals surface area (Å²) >= 11 is 0. The molecule has 0 atom stereocenters. The molecule has 0 aromatic carbocycles. The van der Waals surface area contributed by atoms with Gasteiger partial charge in [-0.15, -0.1) is 0 Å². The van der Waals surface area contributed by atoms with E-state index in [0.29, 0.717) is 13.1 Å². The van der Waals surface area contributed by atoms with Crippen LogP contribution in [0.25, 0.3) is 0 Å². The van der Waals surface area contributed by atoms with E-state index in [9.17, 15) is 14.4 Å². The Kier molecular flexibility index (Phi) is 11.4. The summed E-state index contributed by atoms with van der Waals surface area (Å²) in [6.07, 6.45) is 2.65. The van der Waals surface area contributed by atoms with Crippen LogP contribution in [0, 0.1) is 0 Å². The van der Waals surface area contributed by atoms with Crippen LogP contribution < -0.4 is 16.0 Å². The Labute approximate surface area is 119 Å². The molecule has 116 valence electrons. The van der Waals surface area contributed by atoms with Crippen molar-refractivity contribution in [2.45, 2.75) is 39.0 Å². The first kappa shape index (κ1) is 18.4. The van der Waals surface area contributed by atoms with E-state index < -0.39 is 5.97 Å². The Hall–Kier alpha value is -1.63. The summed E-state index contributed by atoms with van der Waals surface area (Å²) in [6, 6.07) is 0. The number of nitrogens with one attached hydrogen (secondary N) is 3. The van der Waals surface area contributed by atoms with Crippen molar-refractivity contribution in [3.63, 3.8) is 0 Å². The standard InChI is InChI=1S/C13H25N3O4/c1-11(17)15-9-3-2-7-14-8-4-10-16-12(18)5-6-13(19)20/h14H,2-10H2,1H3,(H,15,17)(H,16,18)(H,19,20). The molecule has 7 nitrogen and oxygen atoms in total. The molecule has 0 aliphatic carbocycles. The van der Waals surface area contributed by atoms with Gasteiger partial charge in [0.05, 0.1) is 6.42 Å². The molecule has 0 heterocycles. The summed E-state index contributed by atoms with van der Waals surface area (Å²) in [7, 11) is 0. The number of carbonyl (C=O) groups excluding carboxylic acids is 2. The van der Waals surface area contributed by atoms with Crippen molar-refractivity contribution in [1.82, 2.24) is 16.0 Å². The largest absolute Gasteiger partial charge is 0.481 e. The average molecular weight is 287 g/mol. The van der Waals surface area contributed by atoms with Gasteiger partial charge in [-0.2, -0.15) is 0 Å². The minimum atomic E-state index is -0.957. The summed E-state index contributed by atoms with van der Waals surface area (Å²) in [6.45, 7) is 4.45. The van der Waals surface area contributed by atoms with E-state index in [2.05, 4.69) is 16.0 Å². The Morgan fingerprint density at radius 1 is 0.850 bits per heavy atom. The summed E-state index contributed by atoms with van der Waals surface area (Å²) < 4.78 is 0. The van der Waals surface area contributed by atoms with E-state index in [4.69, 9.17) is 5.11 Å². The van der Waals surface area contributed by atoms with E-state index in [1.807, 2.05) is 0 Å². The van der Waals surface area contributed by atoms with Crippen molar-refractivity contribution >= 4 is 17.8 Å². The monoisotopic (exact) mass is 287 g/mol. The van der Waals surface area contributed by atoms with Crippen LogP contribution in [0.2, 0.25) is 0 Å². The average Bonchev–Trinajstić information content (AvgIpc) is 2.38. The fourth-order valence-corrected chi connectivity index (χ4v) is 1.51. The number of hydrogen-bond acceptors (Lipinski definition) is 4. The Morgan fingerprint density at radius 3 is 2.10 bits per heavy atom. The quantitative estimate of drug-likeness (QED) is 0.374. The summed E-state index contributed by atoms with van der Waals surface area (Å²) in [5, 5.41) is 17.1. The first-order chi connectivity index (χ1) is 9.52. The molecule has 0 aliphatic rings. The van der Waals surface area contributed by atoms with Crippen LogP contribution in [0.5, 0.6) is 0 Å². The van der Waals surface area contributed by atoms with Gasteiger partial charge in [0.15, 0.2) is 0 Å². The maximum atomic E-state index is 11.2. The van der Waals surface area contributed by atoms with Crippen LogP contribution in [0.1, 0.15) is 39.0 Å². The lowest BCUT2D eigenvalue weighted by Gasteiger charge is -2.06. The lowest BCUT2D eigenvalue weighted by Crippen LogP contribution is -2.28. The van der Waals surface area contributed by atoms with Crippen LogP contribution in [-0.2, 0) is 14.4 Å². The first-order valence-corrected chi connectivity index (χ1v) is 6.96. The highest BCUT2D eigenvalue weighted by atomic mass is 16.4. The highest BCUT2D eigenvalue weighted by Crippen LogP contribution is 1.89. The van der Waals surface area contributed by atoms with Gasteiger partial charge in [0.2, 0.25) is 11.8 Å². The van der Waals surface area contributed by atoms with Crippen LogP contribution in [0.3, 0.4) is 0 Å². The molecule has 20 heavy (non-hydrogen) atoms. The second-order valence-corrected chi connectivity index (χ2v) is 4.54. The van der Waals surface area contributed by atoms with Crippen LogP contribution in [0.4, 0.5) is 0 Å². The molecular formula is C13H25N3O4. The summed E-state index contributed by atoms with van der Waals surface area (Å²) in [5.74, 6) is -1.18. The Morgan fingerprint density at radius 2 is 1.45 bits per heavy atom. The van der Waals surface area contributed by atoms with Gasteiger partial charge in [-0.3, -0.25) is 14.4 Å². The smallest absolute Gasteiger partial charge is 0.303 e. The van der Waals surface area contributed by atoms with Crippen molar-refractivity contribution in [2.24, 2.45) is 0 Å². The van der Waals surface area contributed by atoms with Crippen molar-refractivity contribution in [2.75, 3.05) is 26.2 Å². The van der Waals surface area contributed by atoms with Gasteiger partial charge in [-0.05, 0) is 32.4 Å². The summed E-state index contributed by atoms with van der Waals surface area (Å²) in [4.78, 5) is 32.0. The van der Waals surface area contributed by atoms with E-state index in [0.717, 1.165) is 32.4 Å². The molecule has 0 rings (SSSR count). The van der Waals surface area contributed by atoms with Crippen molar-refractivity contribution in [3.8, 4) is 0 Å². The van der Waals surface area contributed by atoms with Crippen molar-refractivity contribution in [1.29, 1.82) is 0 Å². The Balaban J connectivity index is 3.18. The molecular weight excluding hydrogens is 262 g/mol. The van der Waals surface area contributed by atoms with E-state index in [1.165, 1.54) is 6.92 Å². The van der Waals surface area contributed by atoms with Gasteiger partial charge in [0, 0.05) is 26.4 Å². The van der Waals surface area contributed by atoms with E-state index >= 15 is 0 Å². The zero-order valence-corrected chi connectivity index (χ0v) is 12.0. The fourth-order valence-electron chi connectivity index (χ4n) is 1.51. The van der Waals surface area contributed by atoms with E-state index in [1.54, 1.807) is 0 Å². The zero-order chi connectivity index (χ0) is 15.2. The molecule has 0 bridgehead atoms. The van der Waals surface area contributed by atoms with Crippen LogP contribution in [-0.4, -0.2) is 49.1 Å². The summed E-state index contributed by atoms with van der Waals surface area (Å²) in [5.41, 5.74) is 0. The molecule has 0 unspecified atom stereocenters. The van der Waals surface area contributed by atoms with Gasteiger partial charge >= 0.3 is 5.97 Å². The third-order valence-corrected chi connectivity index (χ3v) is 2.57. The maximum Gasteiger partial charge on any atom is 0.303 e. The third-order valence-electron chi connectivity index (χ3n) is 2.57. The van der Waals surface area contributed by atoms with E-state index in [-0.39, 0.29) is 24.7 Å². The maximum absolute atomic E-state index is 11.2. The lowest BCUT2D eigenvalue weighted by molar-refractivity contribution is -0.138. The minimum Gasteiger partial charge on any atom is -0.481 e. The molecule has 0 aliphatic heterocycles. The highest BCUT2D eigenvalue weighted by molar-refractivity contribution is 5.80. The minimum absolute atomic E-state index is 0.00315. The molecule has 0 saturated carbocycles. The van der Waals surface area contributed by atoms with Gasteiger partial charge in [0.25, 0.3) is 0 Å². The normalized spacial score (nSPS) is 10.1. The molecule has 0 saturated heterocycles.